The van der Waals surface area contributed by atoms with Gasteiger partial charge in [-0.05, 0) is 25.5 Å². The number of hydrogen-bond donors (Lipinski definition) is 0. The molecule has 1 atom stereocenters. The minimum absolute atomic E-state index is 0.0130. The zero-order valence-electron chi connectivity index (χ0n) is 10.8. The molecular formula is C12H14Cl2N2O3S. The van der Waals surface area contributed by atoms with Gasteiger partial charge in [-0.1, -0.05) is 23.2 Å². The van der Waals surface area contributed by atoms with Crippen molar-refractivity contribution in [3.8, 4) is 0 Å². The predicted octanol–water partition coefficient (Wildman–Crippen LogP) is 2.04. The predicted molar refractivity (Wildman–Crippen MR) is 78.0 cm³/mol. The molecule has 1 aliphatic rings. The minimum atomic E-state index is -3.04. The van der Waals surface area contributed by atoms with Gasteiger partial charge < -0.3 is 4.90 Å². The maximum atomic E-state index is 12.5. The van der Waals surface area contributed by atoms with Gasteiger partial charge in [0.25, 0.3) is 5.91 Å². The zero-order valence-corrected chi connectivity index (χ0v) is 13.2. The van der Waals surface area contributed by atoms with Gasteiger partial charge in [-0.25, -0.2) is 13.4 Å². The van der Waals surface area contributed by atoms with Crippen LogP contribution in [-0.2, 0) is 9.84 Å². The fourth-order valence-corrected chi connectivity index (χ4v) is 4.53. The largest absolute Gasteiger partial charge is 0.335 e. The van der Waals surface area contributed by atoms with Crippen LogP contribution in [0.25, 0.3) is 0 Å². The molecule has 2 heterocycles. The molecule has 0 radical (unpaired) electrons. The van der Waals surface area contributed by atoms with Crippen molar-refractivity contribution in [3.63, 3.8) is 0 Å². The van der Waals surface area contributed by atoms with Gasteiger partial charge in [0.1, 0.15) is 10.3 Å². The summed E-state index contributed by atoms with van der Waals surface area (Å²) >= 11 is 11.6. The zero-order chi connectivity index (χ0) is 14.9. The lowest BCUT2D eigenvalue weighted by atomic mass is 10.1. The van der Waals surface area contributed by atoms with Crippen LogP contribution in [0.15, 0.2) is 12.1 Å². The van der Waals surface area contributed by atoms with E-state index in [1.807, 2.05) is 6.92 Å². The molecule has 8 heteroatoms. The second-order valence-corrected chi connectivity index (χ2v) is 7.65. The van der Waals surface area contributed by atoms with E-state index in [1.165, 1.54) is 12.1 Å². The van der Waals surface area contributed by atoms with Crippen molar-refractivity contribution in [2.75, 3.05) is 18.1 Å². The van der Waals surface area contributed by atoms with E-state index in [0.717, 1.165) is 0 Å². The summed E-state index contributed by atoms with van der Waals surface area (Å²) < 4.78 is 23.1. The van der Waals surface area contributed by atoms with Crippen LogP contribution in [-0.4, -0.2) is 48.3 Å². The summed E-state index contributed by atoms with van der Waals surface area (Å²) in [5.74, 6) is -0.140. The van der Waals surface area contributed by atoms with Crippen molar-refractivity contribution in [2.45, 2.75) is 19.4 Å². The van der Waals surface area contributed by atoms with Crippen LogP contribution in [0.4, 0.5) is 0 Å². The Bertz CT molecular complexity index is 613. The summed E-state index contributed by atoms with van der Waals surface area (Å²) in [5.41, 5.74) is 0.321. The van der Waals surface area contributed by atoms with Crippen LogP contribution in [0, 0.1) is 0 Å². The van der Waals surface area contributed by atoms with Crippen LogP contribution in [0.5, 0.6) is 0 Å². The molecule has 1 fully saturated rings. The first kappa shape index (κ1) is 15.5. The number of carbonyl (C=O) groups excluding carboxylic acids is 1. The van der Waals surface area contributed by atoms with Gasteiger partial charge in [0, 0.05) is 18.2 Å². The Kier molecular flexibility index (Phi) is 4.56. The number of carbonyl (C=O) groups is 1. The van der Waals surface area contributed by atoms with Gasteiger partial charge in [0.05, 0.1) is 11.5 Å². The van der Waals surface area contributed by atoms with Gasteiger partial charge >= 0.3 is 0 Å². The molecule has 1 unspecified atom stereocenters. The SMILES string of the molecule is CCN(C(=O)c1cc(Cl)nc(Cl)c1)C1CCS(=O)(=O)C1. The fraction of sp³-hybridized carbons (Fsp3) is 0.500. The molecule has 2 rings (SSSR count). The van der Waals surface area contributed by atoms with E-state index in [1.54, 1.807) is 4.90 Å². The molecule has 20 heavy (non-hydrogen) atoms. The van der Waals surface area contributed by atoms with Gasteiger partial charge in [0.15, 0.2) is 9.84 Å². The van der Waals surface area contributed by atoms with Crippen LogP contribution < -0.4 is 0 Å². The van der Waals surface area contributed by atoms with Gasteiger partial charge in [-0.2, -0.15) is 0 Å². The summed E-state index contributed by atoms with van der Waals surface area (Å²) in [5, 5.41) is 0.270. The van der Waals surface area contributed by atoms with E-state index >= 15 is 0 Å². The summed E-state index contributed by atoms with van der Waals surface area (Å²) in [6.45, 7) is 2.24. The number of rotatable bonds is 3. The first-order valence-corrected chi connectivity index (χ1v) is 8.74. The topological polar surface area (TPSA) is 67.3 Å². The molecule has 1 aromatic heterocycles. The first-order valence-electron chi connectivity index (χ1n) is 6.17. The molecule has 0 aliphatic carbocycles. The summed E-state index contributed by atoms with van der Waals surface area (Å²) in [4.78, 5) is 17.8. The Morgan fingerprint density at radius 2 is 2.00 bits per heavy atom. The lowest BCUT2D eigenvalue weighted by molar-refractivity contribution is 0.0708. The van der Waals surface area contributed by atoms with Crippen molar-refractivity contribution in [2.24, 2.45) is 0 Å². The highest BCUT2D eigenvalue weighted by atomic mass is 35.5. The number of aromatic nitrogens is 1. The number of hydrogen-bond acceptors (Lipinski definition) is 4. The second-order valence-electron chi connectivity index (χ2n) is 4.65. The number of sulfone groups is 1. The summed E-state index contributed by atoms with van der Waals surface area (Å²) in [7, 11) is -3.04. The van der Waals surface area contributed by atoms with Crippen LogP contribution >= 0.6 is 23.2 Å². The van der Waals surface area contributed by atoms with Crippen molar-refractivity contribution in [1.82, 2.24) is 9.88 Å². The van der Waals surface area contributed by atoms with Gasteiger partial charge in [-0.3, -0.25) is 4.79 Å². The molecule has 5 nitrogen and oxygen atoms in total. The third kappa shape index (κ3) is 3.42. The molecule has 1 aromatic rings. The Balaban J connectivity index is 2.25. The van der Waals surface area contributed by atoms with Crippen LogP contribution in [0.3, 0.4) is 0 Å². The van der Waals surface area contributed by atoms with Crippen LogP contribution in [0.1, 0.15) is 23.7 Å². The quantitative estimate of drug-likeness (QED) is 0.792. The molecule has 0 aromatic carbocycles. The third-order valence-corrected chi connectivity index (χ3v) is 5.40. The molecule has 0 spiro atoms. The molecule has 0 N–H and O–H groups in total. The van der Waals surface area contributed by atoms with Crippen LogP contribution in [0.2, 0.25) is 10.3 Å². The normalized spacial score (nSPS) is 20.9. The van der Waals surface area contributed by atoms with E-state index in [4.69, 9.17) is 23.2 Å². The van der Waals surface area contributed by atoms with Crippen molar-refractivity contribution in [1.29, 1.82) is 0 Å². The third-order valence-electron chi connectivity index (χ3n) is 3.26. The van der Waals surface area contributed by atoms with E-state index in [-0.39, 0.29) is 33.8 Å². The van der Waals surface area contributed by atoms with E-state index in [9.17, 15) is 13.2 Å². The number of nitrogens with zero attached hydrogens (tertiary/aromatic N) is 2. The number of pyridine rings is 1. The molecule has 110 valence electrons. The molecular weight excluding hydrogens is 323 g/mol. The highest BCUT2D eigenvalue weighted by Gasteiger charge is 2.34. The summed E-state index contributed by atoms with van der Waals surface area (Å²) in [6.07, 6.45) is 0.467. The average molecular weight is 337 g/mol. The van der Waals surface area contributed by atoms with Gasteiger partial charge in [-0.15, -0.1) is 0 Å². The van der Waals surface area contributed by atoms with Crippen molar-refractivity contribution in [3.05, 3.63) is 28.0 Å². The molecule has 1 aliphatic heterocycles. The van der Waals surface area contributed by atoms with Crippen molar-refractivity contribution < 1.29 is 13.2 Å². The highest BCUT2D eigenvalue weighted by Crippen LogP contribution is 2.22. The maximum Gasteiger partial charge on any atom is 0.254 e. The van der Waals surface area contributed by atoms with Crippen molar-refractivity contribution >= 4 is 38.9 Å². The highest BCUT2D eigenvalue weighted by molar-refractivity contribution is 7.91. The molecule has 0 bridgehead atoms. The van der Waals surface area contributed by atoms with E-state index < -0.39 is 9.84 Å². The standard InChI is InChI=1S/C12H14Cl2N2O3S/c1-2-16(9-3-4-20(18,19)7-9)12(17)8-5-10(13)15-11(14)6-8/h5-6,9H,2-4,7H2,1H3. The number of amides is 1. The number of halogens is 2. The first-order chi connectivity index (χ1) is 9.32. The Hall–Kier alpha value is -0.850. The maximum absolute atomic E-state index is 12.5. The van der Waals surface area contributed by atoms with Gasteiger partial charge in [0.2, 0.25) is 0 Å². The minimum Gasteiger partial charge on any atom is -0.335 e. The smallest absolute Gasteiger partial charge is 0.254 e. The fourth-order valence-electron chi connectivity index (χ4n) is 2.34. The molecule has 1 saturated heterocycles. The van der Waals surface area contributed by atoms with E-state index in [2.05, 4.69) is 4.98 Å². The Labute approximate surface area is 127 Å². The lowest BCUT2D eigenvalue weighted by Gasteiger charge is -2.27. The lowest BCUT2D eigenvalue weighted by Crippen LogP contribution is -2.41. The molecule has 0 saturated carbocycles. The average Bonchev–Trinajstić information content (AvgIpc) is 2.69. The summed E-state index contributed by atoms with van der Waals surface area (Å²) in [6, 6.07) is 2.58. The Morgan fingerprint density at radius 3 is 2.45 bits per heavy atom. The Morgan fingerprint density at radius 1 is 1.40 bits per heavy atom. The molecule has 1 amide bonds. The second kappa shape index (κ2) is 5.87. The monoisotopic (exact) mass is 336 g/mol. The van der Waals surface area contributed by atoms with E-state index in [0.29, 0.717) is 18.5 Å².